The molecule has 0 aromatic heterocycles. The van der Waals surface area contributed by atoms with Gasteiger partial charge in [-0.3, -0.25) is 9.59 Å². The van der Waals surface area contributed by atoms with E-state index in [1.54, 1.807) is 0 Å². The average Bonchev–Trinajstić information content (AvgIpc) is 2.12. The van der Waals surface area contributed by atoms with E-state index in [2.05, 4.69) is 10.3 Å². The molecule has 0 saturated heterocycles. The van der Waals surface area contributed by atoms with Gasteiger partial charge >= 0.3 is 5.97 Å². The lowest BCUT2D eigenvalue weighted by Crippen LogP contribution is -2.27. The summed E-state index contributed by atoms with van der Waals surface area (Å²) >= 11 is 0. The third-order valence-corrected chi connectivity index (χ3v) is 2.19. The first kappa shape index (κ1) is 12.2. The zero-order chi connectivity index (χ0) is 12.3. The van der Waals surface area contributed by atoms with Gasteiger partial charge in [0.15, 0.2) is 0 Å². The zero-order valence-electron chi connectivity index (χ0n) is 9.88. The normalized spacial score (nSPS) is 9.75. The summed E-state index contributed by atoms with van der Waals surface area (Å²) in [5.74, 6) is -0.944. The van der Waals surface area contributed by atoms with Crippen LogP contribution in [0.5, 0.6) is 0 Å². The monoisotopic (exact) mass is 221 g/mol. The van der Waals surface area contributed by atoms with Gasteiger partial charge in [-0.15, -0.1) is 0 Å². The van der Waals surface area contributed by atoms with E-state index in [1.807, 2.05) is 32.9 Å². The number of benzene rings is 1. The van der Waals surface area contributed by atoms with Crippen molar-refractivity contribution in [2.45, 2.75) is 27.7 Å². The third kappa shape index (κ3) is 2.82. The second-order valence-electron chi connectivity index (χ2n) is 3.80. The predicted octanol–water partition coefficient (Wildman–Crippen LogP) is 1.82. The van der Waals surface area contributed by atoms with Crippen molar-refractivity contribution in [1.82, 2.24) is 5.48 Å². The number of hydrogen-bond acceptors (Lipinski definition) is 3. The number of aryl methyl sites for hydroxylation is 3. The van der Waals surface area contributed by atoms with Crippen LogP contribution in [-0.4, -0.2) is 11.9 Å². The van der Waals surface area contributed by atoms with E-state index < -0.39 is 11.9 Å². The molecule has 1 aromatic carbocycles. The van der Waals surface area contributed by atoms with Crippen molar-refractivity contribution < 1.29 is 14.4 Å². The Hall–Kier alpha value is -1.84. The molecule has 0 spiro atoms. The summed E-state index contributed by atoms with van der Waals surface area (Å²) in [5.41, 5.74) is 5.48. The molecule has 0 unspecified atom stereocenters. The second-order valence-corrected chi connectivity index (χ2v) is 3.80. The molecule has 1 amide bonds. The maximum atomic E-state index is 11.7. The number of hydroxylamine groups is 1. The number of hydrogen-bond donors (Lipinski definition) is 1. The van der Waals surface area contributed by atoms with Crippen LogP contribution in [0.25, 0.3) is 0 Å². The van der Waals surface area contributed by atoms with Crippen molar-refractivity contribution in [1.29, 1.82) is 0 Å². The van der Waals surface area contributed by atoms with E-state index in [1.165, 1.54) is 6.92 Å². The van der Waals surface area contributed by atoms with Gasteiger partial charge in [0.25, 0.3) is 5.91 Å². The van der Waals surface area contributed by atoms with Crippen LogP contribution in [0, 0.1) is 20.8 Å². The van der Waals surface area contributed by atoms with Crippen LogP contribution < -0.4 is 5.48 Å². The molecule has 0 heterocycles. The Morgan fingerprint density at radius 1 is 1.12 bits per heavy atom. The molecule has 1 aromatic rings. The summed E-state index contributed by atoms with van der Waals surface area (Å²) in [7, 11) is 0. The smallest absolute Gasteiger partial charge is 0.329 e. The molecule has 4 nitrogen and oxygen atoms in total. The maximum Gasteiger partial charge on any atom is 0.329 e. The highest BCUT2D eigenvalue weighted by Gasteiger charge is 2.13. The first-order chi connectivity index (χ1) is 7.41. The quantitative estimate of drug-likeness (QED) is 0.736. The predicted molar refractivity (Wildman–Crippen MR) is 59.9 cm³/mol. The van der Waals surface area contributed by atoms with Crippen molar-refractivity contribution >= 4 is 11.9 Å². The Bertz CT molecular complexity index is 415. The molecule has 1 N–H and O–H groups in total. The van der Waals surface area contributed by atoms with Crippen LogP contribution in [0.15, 0.2) is 12.1 Å². The molecule has 1 rings (SSSR count). The minimum atomic E-state index is -0.546. The van der Waals surface area contributed by atoms with Crippen LogP contribution in [0.1, 0.15) is 34.0 Å². The fourth-order valence-corrected chi connectivity index (χ4v) is 1.71. The molecular formula is C12H15NO3. The fraction of sp³-hybridized carbons (Fsp3) is 0.333. The molecule has 0 bridgehead atoms. The van der Waals surface area contributed by atoms with Crippen molar-refractivity contribution in [2.75, 3.05) is 0 Å². The summed E-state index contributed by atoms with van der Waals surface area (Å²) in [6.45, 7) is 6.90. The summed E-state index contributed by atoms with van der Waals surface area (Å²) in [6.07, 6.45) is 0. The largest absolute Gasteiger partial charge is 0.341 e. The molecule has 16 heavy (non-hydrogen) atoms. The fourth-order valence-electron chi connectivity index (χ4n) is 1.71. The van der Waals surface area contributed by atoms with Crippen LogP contribution in [0.2, 0.25) is 0 Å². The number of carbonyl (C=O) groups excluding carboxylic acids is 2. The van der Waals surface area contributed by atoms with Gasteiger partial charge < -0.3 is 4.84 Å². The first-order valence-electron chi connectivity index (χ1n) is 4.97. The highest BCUT2D eigenvalue weighted by atomic mass is 16.7. The number of rotatable bonds is 1. The molecule has 0 fully saturated rings. The van der Waals surface area contributed by atoms with Crippen molar-refractivity contribution in [2.24, 2.45) is 0 Å². The van der Waals surface area contributed by atoms with Crippen LogP contribution in [0.4, 0.5) is 0 Å². The van der Waals surface area contributed by atoms with E-state index >= 15 is 0 Å². The van der Waals surface area contributed by atoms with Crippen molar-refractivity contribution in [3.8, 4) is 0 Å². The highest BCUT2D eigenvalue weighted by molar-refractivity contribution is 5.97. The van der Waals surface area contributed by atoms with Crippen LogP contribution >= 0.6 is 0 Å². The zero-order valence-corrected chi connectivity index (χ0v) is 9.88. The van der Waals surface area contributed by atoms with Gasteiger partial charge in [-0.2, -0.15) is 5.48 Å². The molecule has 0 radical (unpaired) electrons. The summed E-state index contributed by atoms with van der Waals surface area (Å²) in [5, 5.41) is 0. The average molecular weight is 221 g/mol. The molecule has 86 valence electrons. The first-order valence-corrected chi connectivity index (χ1v) is 4.97. The Balaban J connectivity index is 2.95. The van der Waals surface area contributed by atoms with Crippen molar-refractivity contribution in [3.05, 3.63) is 34.4 Å². The molecular weight excluding hydrogens is 206 g/mol. The minimum Gasteiger partial charge on any atom is -0.341 e. The number of nitrogens with one attached hydrogen (secondary N) is 1. The van der Waals surface area contributed by atoms with Crippen LogP contribution in [-0.2, 0) is 9.63 Å². The molecule has 0 atom stereocenters. The van der Waals surface area contributed by atoms with Gasteiger partial charge in [-0.05, 0) is 31.9 Å². The van der Waals surface area contributed by atoms with Crippen LogP contribution in [0.3, 0.4) is 0 Å². The Kier molecular flexibility index (Phi) is 3.66. The topological polar surface area (TPSA) is 55.4 Å². The lowest BCUT2D eigenvalue weighted by Gasteiger charge is -2.10. The minimum absolute atomic E-state index is 0.398. The SMILES string of the molecule is CC(=O)ONC(=O)c1c(C)cc(C)cc1C. The third-order valence-electron chi connectivity index (χ3n) is 2.19. The van der Waals surface area contributed by atoms with Gasteiger partial charge in [-0.1, -0.05) is 17.7 Å². The van der Waals surface area contributed by atoms with Gasteiger partial charge in [0, 0.05) is 12.5 Å². The Morgan fingerprint density at radius 3 is 2.06 bits per heavy atom. The standard InChI is InChI=1S/C12H15NO3/c1-7-5-8(2)11(9(3)6-7)12(15)13-16-10(4)14/h5-6H,1-4H3,(H,13,15). The molecule has 0 aliphatic heterocycles. The van der Waals surface area contributed by atoms with Gasteiger partial charge in [0.2, 0.25) is 0 Å². The Morgan fingerprint density at radius 2 is 1.62 bits per heavy atom. The van der Waals surface area contributed by atoms with Crippen molar-refractivity contribution in [3.63, 3.8) is 0 Å². The lowest BCUT2D eigenvalue weighted by atomic mass is 9.99. The highest BCUT2D eigenvalue weighted by Crippen LogP contribution is 2.16. The van der Waals surface area contributed by atoms with E-state index in [-0.39, 0.29) is 0 Å². The summed E-state index contributed by atoms with van der Waals surface area (Å²) in [4.78, 5) is 26.7. The maximum absolute atomic E-state index is 11.7. The molecule has 4 heteroatoms. The summed E-state index contributed by atoms with van der Waals surface area (Å²) in [6, 6.07) is 3.82. The van der Waals surface area contributed by atoms with E-state index in [4.69, 9.17) is 0 Å². The lowest BCUT2D eigenvalue weighted by molar-refractivity contribution is -0.146. The van der Waals surface area contributed by atoms with E-state index in [0.29, 0.717) is 5.56 Å². The summed E-state index contributed by atoms with van der Waals surface area (Å²) < 4.78 is 0. The van der Waals surface area contributed by atoms with E-state index in [9.17, 15) is 9.59 Å². The number of amides is 1. The van der Waals surface area contributed by atoms with Gasteiger partial charge in [0.05, 0.1) is 0 Å². The molecule has 0 aliphatic rings. The van der Waals surface area contributed by atoms with E-state index in [0.717, 1.165) is 16.7 Å². The van der Waals surface area contributed by atoms with Gasteiger partial charge in [-0.25, -0.2) is 0 Å². The number of carbonyl (C=O) groups is 2. The molecule has 0 aliphatic carbocycles. The van der Waals surface area contributed by atoms with Gasteiger partial charge in [0.1, 0.15) is 0 Å². The second kappa shape index (κ2) is 4.79. The Labute approximate surface area is 94.6 Å². The molecule has 0 saturated carbocycles.